The van der Waals surface area contributed by atoms with Crippen LogP contribution in [0.3, 0.4) is 0 Å². The number of aliphatic carboxylic acids is 1. The van der Waals surface area contributed by atoms with Crippen LogP contribution < -0.4 is 5.73 Å². The highest BCUT2D eigenvalue weighted by Crippen LogP contribution is 2.07. The molecule has 0 aromatic rings. The Balaban J connectivity index is 4.21. The average Bonchev–Trinajstić information content (AvgIpc) is 2.09. The van der Waals surface area contributed by atoms with Crippen molar-refractivity contribution < 1.29 is 19.4 Å². The van der Waals surface area contributed by atoms with Gasteiger partial charge in [0.1, 0.15) is 5.60 Å². The Bertz CT molecular complexity index is 261. The van der Waals surface area contributed by atoms with Crippen molar-refractivity contribution in [2.24, 2.45) is 5.73 Å². The van der Waals surface area contributed by atoms with Crippen LogP contribution in [0, 0.1) is 0 Å². The first kappa shape index (κ1) is 15.9. The third kappa shape index (κ3) is 9.77. The van der Waals surface area contributed by atoms with Gasteiger partial charge in [0.25, 0.3) is 0 Å². The Morgan fingerprint density at radius 1 is 1.29 bits per heavy atom. The van der Waals surface area contributed by atoms with Crippen LogP contribution in [0.5, 0.6) is 0 Å². The molecule has 0 spiro atoms. The minimum absolute atomic E-state index is 0.0242. The molecule has 0 bridgehead atoms. The molecule has 0 unspecified atom stereocenters. The van der Waals surface area contributed by atoms with Gasteiger partial charge in [-0.2, -0.15) is 0 Å². The molecule has 0 aliphatic rings. The van der Waals surface area contributed by atoms with E-state index in [2.05, 4.69) is 0 Å². The Kier molecular flexibility index (Phi) is 6.75. The summed E-state index contributed by atoms with van der Waals surface area (Å²) in [7, 11) is 0. The van der Waals surface area contributed by atoms with Gasteiger partial charge in [-0.1, -0.05) is 0 Å². The molecule has 0 aromatic heterocycles. The van der Waals surface area contributed by atoms with Crippen molar-refractivity contribution in [1.82, 2.24) is 4.90 Å². The predicted molar refractivity (Wildman–Crippen MR) is 63.6 cm³/mol. The fourth-order valence-corrected chi connectivity index (χ4v) is 1.28. The molecule has 0 atom stereocenters. The van der Waals surface area contributed by atoms with Crippen molar-refractivity contribution in [3.8, 4) is 0 Å². The molecule has 3 N–H and O–H groups in total. The smallest absolute Gasteiger partial charge is 0.320 e. The molecule has 0 aliphatic heterocycles. The zero-order valence-corrected chi connectivity index (χ0v) is 10.7. The number of carbonyl (C=O) groups excluding carboxylic acids is 1. The number of ether oxygens (including phenoxy) is 1. The molecular formula is C11H22N2O4. The van der Waals surface area contributed by atoms with Crippen LogP contribution in [0.4, 0.5) is 0 Å². The van der Waals surface area contributed by atoms with Gasteiger partial charge in [-0.3, -0.25) is 14.5 Å². The van der Waals surface area contributed by atoms with Crippen molar-refractivity contribution in [3.63, 3.8) is 0 Å². The highest BCUT2D eigenvalue weighted by molar-refractivity contribution is 5.74. The topological polar surface area (TPSA) is 92.9 Å². The summed E-state index contributed by atoms with van der Waals surface area (Å²) < 4.78 is 5.12. The van der Waals surface area contributed by atoms with Gasteiger partial charge in [0.2, 0.25) is 0 Å². The number of rotatable bonds is 7. The Labute approximate surface area is 102 Å². The number of nitrogens with two attached hydrogens (primary N) is 1. The van der Waals surface area contributed by atoms with E-state index in [0.29, 0.717) is 19.5 Å². The molecule has 0 heterocycles. The quantitative estimate of drug-likeness (QED) is 0.617. The van der Waals surface area contributed by atoms with Gasteiger partial charge in [-0.15, -0.1) is 0 Å². The summed E-state index contributed by atoms with van der Waals surface area (Å²) in [5, 5.41) is 8.70. The highest BCUT2D eigenvalue weighted by atomic mass is 16.6. The summed E-state index contributed by atoms with van der Waals surface area (Å²) in [5.74, 6) is -1.39. The lowest BCUT2D eigenvalue weighted by atomic mass is 10.2. The highest BCUT2D eigenvalue weighted by Gasteiger charge is 2.19. The van der Waals surface area contributed by atoms with Gasteiger partial charge >= 0.3 is 11.9 Å². The monoisotopic (exact) mass is 246 g/mol. The molecule has 0 saturated heterocycles. The van der Waals surface area contributed by atoms with Crippen molar-refractivity contribution in [2.45, 2.75) is 32.8 Å². The van der Waals surface area contributed by atoms with E-state index < -0.39 is 17.5 Å². The summed E-state index contributed by atoms with van der Waals surface area (Å²) in [4.78, 5) is 23.7. The summed E-state index contributed by atoms with van der Waals surface area (Å²) in [6, 6.07) is 0. The number of hydrogen-bond donors (Lipinski definition) is 2. The molecule has 0 radical (unpaired) electrons. The molecule has 6 nitrogen and oxygen atoms in total. The van der Waals surface area contributed by atoms with Crippen LogP contribution in [-0.4, -0.2) is 53.7 Å². The third-order valence-corrected chi connectivity index (χ3v) is 1.81. The summed E-state index contributed by atoms with van der Waals surface area (Å²) in [6.45, 7) is 6.04. The van der Waals surface area contributed by atoms with Gasteiger partial charge in [0.05, 0.1) is 13.1 Å². The SMILES string of the molecule is CC(C)(C)OC(=O)CN(CCCN)CC(=O)O. The molecule has 6 heteroatoms. The van der Waals surface area contributed by atoms with E-state index in [1.54, 1.807) is 20.8 Å². The maximum absolute atomic E-state index is 11.5. The molecule has 0 saturated carbocycles. The average molecular weight is 246 g/mol. The number of nitrogens with zero attached hydrogens (tertiary/aromatic N) is 1. The van der Waals surface area contributed by atoms with Crippen LogP contribution in [-0.2, 0) is 14.3 Å². The number of esters is 1. The van der Waals surface area contributed by atoms with E-state index in [-0.39, 0.29) is 13.1 Å². The van der Waals surface area contributed by atoms with Gasteiger partial charge in [-0.05, 0) is 33.7 Å². The van der Waals surface area contributed by atoms with E-state index >= 15 is 0 Å². The molecular weight excluding hydrogens is 224 g/mol. The molecule has 0 aliphatic carbocycles. The molecule has 0 rings (SSSR count). The van der Waals surface area contributed by atoms with E-state index in [0.717, 1.165) is 0 Å². The normalized spacial score (nSPS) is 11.6. The minimum atomic E-state index is -0.967. The van der Waals surface area contributed by atoms with E-state index in [1.807, 2.05) is 0 Å². The number of carboxylic acids is 1. The summed E-state index contributed by atoms with van der Waals surface area (Å²) in [5.41, 5.74) is 4.79. The van der Waals surface area contributed by atoms with Crippen LogP contribution >= 0.6 is 0 Å². The van der Waals surface area contributed by atoms with Crippen LogP contribution in [0.2, 0.25) is 0 Å². The Hall–Kier alpha value is -1.14. The zero-order chi connectivity index (χ0) is 13.5. The third-order valence-electron chi connectivity index (χ3n) is 1.81. The molecule has 0 fully saturated rings. The first-order valence-corrected chi connectivity index (χ1v) is 5.60. The van der Waals surface area contributed by atoms with Gasteiger partial charge in [0.15, 0.2) is 0 Å². The number of hydrogen-bond acceptors (Lipinski definition) is 5. The van der Waals surface area contributed by atoms with Crippen molar-refractivity contribution >= 4 is 11.9 Å². The minimum Gasteiger partial charge on any atom is -0.480 e. The van der Waals surface area contributed by atoms with Gasteiger partial charge in [0, 0.05) is 6.54 Å². The summed E-state index contributed by atoms with van der Waals surface area (Å²) in [6.07, 6.45) is 0.649. The Morgan fingerprint density at radius 3 is 2.29 bits per heavy atom. The maximum Gasteiger partial charge on any atom is 0.320 e. The largest absolute Gasteiger partial charge is 0.480 e. The van der Waals surface area contributed by atoms with E-state index in [1.165, 1.54) is 4.90 Å². The summed E-state index contributed by atoms with van der Waals surface area (Å²) >= 11 is 0. The molecule has 0 aromatic carbocycles. The van der Waals surface area contributed by atoms with Crippen LogP contribution in [0.1, 0.15) is 27.2 Å². The second-order valence-electron chi connectivity index (χ2n) is 4.83. The molecule has 17 heavy (non-hydrogen) atoms. The molecule has 100 valence electrons. The second-order valence-corrected chi connectivity index (χ2v) is 4.83. The van der Waals surface area contributed by atoms with E-state index in [9.17, 15) is 9.59 Å². The lowest BCUT2D eigenvalue weighted by molar-refractivity contribution is -0.156. The van der Waals surface area contributed by atoms with Crippen LogP contribution in [0.25, 0.3) is 0 Å². The van der Waals surface area contributed by atoms with Gasteiger partial charge < -0.3 is 15.6 Å². The molecule has 0 amide bonds. The maximum atomic E-state index is 11.5. The predicted octanol–water partition coefficient (Wildman–Crippen LogP) is 0.0635. The first-order valence-electron chi connectivity index (χ1n) is 5.60. The fraction of sp³-hybridized carbons (Fsp3) is 0.818. The van der Waals surface area contributed by atoms with Crippen molar-refractivity contribution in [3.05, 3.63) is 0 Å². The number of carboxylic acid groups (broad SMARTS) is 1. The number of carbonyl (C=O) groups is 2. The van der Waals surface area contributed by atoms with E-state index in [4.69, 9.17) is 15.6 Å². The lowest BCUT2D eigenvalue weighted by Gasteiger charge is -2.23. The standard InChI is InChI=1S/C11H22N2O4/c1-11(2,3)17-10(16)8-13(6-4-5-12)7-9(14)15/h4-8,12H2,1-3H3,(H,14,15). The van der Waals surface area contributed by atoms with Crippen molar-refractivity contribution in [2.75, 3.05) is 26.2 Å². The lowest BCUT2D eigenvalue weighted by Crippen LogP contribution is -2.38. The zero-order valence-electron chi connectivity index (χ0n) is 10.7. The second kappa shape index (κ2) is 7.24. The Morgan fingerprint density at radius 2 is 1.88 bits per heavy atom. The first-order chi connectivity index (χ1) is 7.74. The van der Waals surface area contributed by atoms with Crippen molar-refractivity contribution in [1.29, 1.82) is 0 Å². The fourth-order valence-electron chi connectivity index (χ4n) is 1.28. The van der Waals surface area contributed by atoms with Gasteiger partial charge in [-0.25, -0.2) is 0 Å². The van der Waals surface area contributed by atoms with Crippen LogP contribution in [0.15, 0.2) is 0 Å².